The fourth-order valence-electron chi connectivity index (χ4n) is 2.35. The Morgan fingerprint density at radius 1 is 1.38 bits per heavy atom. The Bertz CT molecular complexity index is 164. The van der Waals surface area contributed by atoms with Crippen molar-refractivity contribution in [1.29, 1.82) is 0 Å². The van der Waals surface area contributed by atoms with Crippen LogP contribution in [0.3, 0.4) is 0 Å². The molecule has 1 fully saturated rings. The molecule has 1 unspecified atom stereocenters. The van der Waals surface area contributed by atoms with E-state index in [1.165, 1.54) is 63.5 Å². The predicted octanol–water partition coefficient (Wildman–Crippen LogP) is 2.45. The Morgan fingerprint density at radius 2 is 2.25 bits per heavy atom. The SMILES string of the molecule is CCSCCCNCC1CCCN(CC)C1. The Morgan fingerprint density at radius 3 is 3.00 bits per heavy atom. The van der Waals surface area contributed by atoms with Crippen LogP contribution in [0.15, 0.2) is 0 Å². The summed E-state index contributed by atoms with van der Waals surface area (Å²) in [6.45, 7) is 10.8. The molecule has 0 aliphatic carbocycles. The van der Waals surface area contributed by atoms with Crippen LogP contribution < -0.4 is 5.32 Å². The molecule has 2 nitrogen and oxygen atoms in total. The van der Waals surface area contributed by atoms with Crippen molar-refractivity contribution < 1.29 is 0 Å². The quantitative estimate of drug-likeness (QED) is 0.660. The minimum Gasteiger partial charge on any atom is -0.316 e. The van der Waals surface area contributed by atoms with E-state index in [2.05, 4.69) is 24.1 Å². The third-order valence-corrected chi connectivity index (χ3v) is 4.32. The number of hydrogen-bond acceptors (Lipinski definition) is 3. The second-order valence-electron chi connectivity index (χ2n) is 4.66. The summed E-state index contributed by atoms with van der Waals surface area (Å²) in [7, 11) is 0. The first-order valence-corrected chi connectivity index (χ1v) is 8.03. The molecule has 1 aliphatic heterocycles. The summed E-state index contributed by atoms with van der Waals surface area (Å²) in [4.78, 5) is 2.59. The van der Waals surface area contributed by atoms with Gasteiger partial charge in [0, 0.05) is 6.54 Å². The molecule has 1 saturated heterocycles. The third-order valence-electron chi connectivity index (χ3n) is 3.33. The van der Waals surface area contributed by atoms with Gasteiger partial charge >= 0.3 is 0 Å². The lowest BCUT2D eigenvalue weighted by molar-refractivity contribution is 0.180. The van der Waals surface area contributed by atoms with Crippen LogP contribution in [-0.4, -0.2) is 49.1 Å². The minimum atomic E-state index is 0.896. The van der Waals surface area contributed by atoms with Gasteiger partial charge in [0.15, 0.2) is 0 Å². The zero-order valence-corrected chi connectivity index (χ0v) is 11.8. The van der Waals surface area contributed by atoms with E-state index in [0.717, 1.165) is 5.92 Å². The number of thioether (sulfide) groups is 1. The molecule has 1 heterocycles. The van der Waals surface area contributed by atoms with Crippen molar-refractivity contribution in [1.82, 2.24) is 10.2 Å². The Balaban J connectivity index is 1.95. The van der Waals surface area contributed by atoms with Crippen LogP contribution in [0.25, 0.3) is 0 Å². The van der Waals surface area contributed by atoms with Crippen molar-refractivity contribution in [3.05, 3.63) is 0 Å². The Labute approximate surface area is 106 Å². The van der Waals surface area contributed by atoms with Crippen molar-refractivity contribution >= 4 is 11.8 Å². The lowest BCUT2D eigenvalue weighted by Crippen LogP contribution is -2.39. The molecule has 1 aliphatic rings. The summed E-state index contributed by atoms with van der Waals surface area (Å²) >= 11 is 2.05. The van der Waals surface area contributed by atoms with E-state index >= 15 is 0 Å². The minimum absolute atomic E-state index is 0.896. The predicted molar refractivity (Wildman–Crippen MR) is 75.3 cm³/mol. The molecule has 0 bridgehead atoms. The summed E-state index contributed by atoms with van der Waals surface area (Å²) in [5.74, 6) is 3.47. The fraction of sp³-hybridized carbons (Fsp3) is 1.00. The maximum absolute atomic E-state index is 3.62. The number of piperidine rings is 1. The average Bonchev–Trinajstić information content (AvgIpc) is 2.34. The van der Waals surface area contributed by atoms with E-state index in [4.69, 9.17) is 0 Å². The van der Waals surface area contributed by atoms with Crippen LogP contribution in [0.5, 0.6) is 0 Å². The van der Waals surface area contributed by atoms with E-state index in [-0.39, 0.29) is 0 Å². The van der Waals surface area contributed by atoms with Crippen molar-refractivity contribution in [2.45, 2.75) is 33.1 Å². The highest BCUT2D eigenvalue weighted by Crippen LogP contribution is 2.15. The molecule has 0 amide bonds. The second kappa shape index (κ2) is 9.32. The van der Waals surface area contributed by atoms with Gasteiger partial charge in [-0.2, -0.15) is 11.8 Å². The lowest BCUT2D eigenvalue weighted by Gasteiger charge is -2.31. The molecule has 0 radical (unpaired) electrons. The topological polar surface area (TPSA) is 15.3 Å². The first-order chi connectivity index (χ1) is 7.86. The summed E-state index contributed by atoms with van der Waals surface area (Å²) in [6.07, 6.45) is 4.14. The number of rotatable bonds is 8. The highest BCUT2D eigenvalue weighted by molar-refractivity contribution is 7.99. The standard InChI is InChI=1S/C13H28N2S/c1-3-15-9-5-7-13(12-15)11-14-8-6-10-16-4-2/h13-14H,3-12H2,1-2H3. The molecular formula is C13H28N2S. The third kappa shape index (κ3) is 6.12. The number of hydrogen-bond donors (Lipinski definition) is 1. The van der Waals surface area contributed by atoms with Crippen LogP contribution in [0, 0.1) is 5.92 Å². The van der Waals surface area contributed by atoms with Crippen molar-refractivity contribution in [2.75, 3.05) is 44.2 Å². The van der Waals surface area contributed by atoms with Gasteiger partial charge in [-0.3, -0.25) is 0 Å². The molecule has 0 aromatic heterocycles. The summed E-state index contributed by atoms with van der Waals surface area (Å²) in [5.41, 5.74) is 0. The van der Waals surface area contributed by atoms with Crippen molar-refractivity contribution in [3.63, 3.8) is 0 Å². The van der Waals surface area contributed by atoms with Crippen LogP contribution in [0.1, 0.15) is 33.1 Å². The molecule has 0 spiro atoms. The molecule has 3 heteroatoms. The van der Waals surface area contributed by atoms with Gasteiger partial charge in [0.1, 0.15) is 0 Å². The molecule has 96 valence electrons. The monoisotopic (exact) mass is 244 g/mol. The maximum atomic E-state index is 3.62. The summed E-state index contributed by atoms with van der Waals surface area (Å²) in [5, 5.41) is 3.62. The van der Waals surface area contributed by atoms with E-state index in [1.807, 2.05) is 11.8 Å². The average molecular weight is 244 g/mol. The molecule has 1 rings (SSSR count). The van der Waals surface area contributed by atoms with Crippen LogP contribution in [0.2, 0.25) is 0 Å². The molecule has 0 aromatic rings. The van der Waals surface area contributed by atoms with Crippen LogP contribution >= 0.6 is 11.8 Å². The maximum Gasteiger partial charge on any atom is 0.00217 e. The summed E-state index contributed by atoms with van der Waals surface area (Å²) in [6, 6.07) is 0. The zero-order chi connectivity index (χ0) is 11.6. The van der Waals surface area contributed by atoms with Crippen LogP contribution in [0.4, 0.5) is 0 Å². The van der Waals surface area contributed by atoms with Gasteiger partial charge in [0.25, 0.3) is 0 Å². The van der Waals surface area contributed by atoms with Gasteiger partial charge in [-0.25, -0.2) is 0 Å². The Kier molecular flexibility index (Phi) is 8.34. The molecule has 16 heavy (non-hydrogen) atoms. The fourth-order valence-corrected chi connectivity index (χ4v) is 2.99. The van der Waals surface area contributed by atoms with E-state index in [0.29, 0.717) is 0 Å². The summed E-state index contributed by atoms with van der Waals surface area (Å²) < 4.78 is 0. The lowest BCUT2D eigenvalue weighted by atomic mass is 9.98. The van der Waals surface area contributed by atoms with E-state index in [9.17, 15) is 0 Å². The number of nitrogens with one attached hydrogen (secondary N) is 1. The van der Waals surface area contributed by atoms with Gasteiger partial charge in [-0.15, -0.1) is 0 Å². The van der Waals surface area contributed by atoms with Crippen molar-refractivity contribution in [2.24, 2.45) is 5.92 Å². The number of nitrogens with zero attached hydrogens (tertiary/aromatic N) is 1. The molecular weight excluding hydrogens is 216 g/mol. The normalized spacial score (nSPS) is 22.5. The van der Waals surface area contributed by atoms with Crippen LogP contribution in [-0.2, 0) is 0 Å². The molecule has 1 atom stereocenters. The van der Waals surface area contributed by atoms with E-state index < -0.39 is 0 Å². The molecule has 1 N–H and O–H groups in total. The largest absolute Gasteiger partial charge is 0.316 e. The van der Waals surface area contributed by atoms with E-state index in [1.54, 1.807) is 0 Å². The van der Waals surface area contributed by atoms with Gasteiger partial charge in [-0.1, -0.05) is 13.8 Å². The Hall–Kier alpha value is 0.270. The second-order valence-corrected chi connectivity index (χ2v) is 6.05. The first-order valence-electron chi connectivity index (χ1n) is 6.87. The van der Waals surface area contributed by atoms with Gasteiger partial charge < -0.3 is 10.2 Å². The van der Waals surface area contributed by atoms with Gasteiger partial charge in [0.2, 0.25) is 0 Å². The van der Waals surface area contributed by atoms with Gasteiger partial charge in [0.05, 0.1) is 0 Å². The zero-order valence-electron chi connectivity index (χ0n) is 11.0. The molecule has 0 saturated carbocycles. The number of likely N-dealkylation sites (tertiary alicyclic amines) is 1. The first kappa shape index (κ1) is 14.3. The highest BCUT2D eigenvalue weighted by atomic mass is 32.2. The highest BCUT2D eigenvalue weighted by Gasteiger charge is 2.17. The molecule has 0 aromatic carbocycles. The smallest absolute Gasteiger partial charge is 0.00217 e. The van der Waals surface area contributed by atoms with Crippen molar-refractivity contribution in [3.8, 4) is 0 Å². The van der Waals surface area contributed by atoms with Gasteiger partial charge in [-0.05, 0) is 62.9 Å².